The molecule has 0 bridgehead atoms. The molecule has 2 atom stereocenters. The molecule has 0 amide bonds. The Labute approximate surface area is 113 Å². The van der Waals surface area contributed by atoms with Crippen LogP contribution in [0.2, 0.25) is 0 Å². The van der Waals surface area contributed by atoms with E-state index in [9.17, 15) is 4.79 Å². The van der Waals surface area contributed by atoms with E-state index in [1.807, 2.05) is 13.2 Å². The molecule has 5 nitrogen and oxygen atoms in total. The molecule has 0 aliphatic heterocycles. The smallest absolute Gasteiger partial charge is 0.323 e. The maximum atomic E-state index is 10.9. The Morgan fingerprint density at radius 1 is 1.59 bits per heavy atom. The minimum absolute atomic E-state index is 0.0868. The fourth-order valence-corrected chi connectivity index (χ4v) is 4.17. The van der Waals surface area contributed by atoms with E-state index < -0.39 is 11.5 Å². The fourth-order valence-electron chi connectivity index (χ4n) is 1.23. The number of rotatable bonds is 6. The summed E-state index contributed by atoms with van der Waals surface area (Å²) < 4.78 is 1.76. The van der Waals surface area contributed by atoms with Crippen molar-refractivity contribution in [1.29, 1.82) is 0 Å². The predicted molar refractivity (Wildman–Crippen MR) is 71.9 cm³/mol. The van der Waals surface area contributed by atoms with Crippen LogP contribution in [0.15, 0.2) is 8.68 Å². The van der Waals surface area contributed by atoms with Gasteiger partial charge in [0, 0.05) is 5.25 Å². The fraction of sp³-hybridized carbons (Fsp3) is 0.667. The first-order valence-corrected chi connectivity index (χ1v) is 7.83. The second-order valence-electron chi connectivity index (χ2n) is 3.89. The lowest BCUT2D eigenvalue weighted by atomic mass is 9.98. The Hall–Kier alpha value is -0.310. The van der Waals surface area contributed by atoms with Crippen LogP contribution in [0.25, 0.3) is 0 Å². The van der Waals surface area contributed by atoms with Crippen LogP contribution < -0.4 is 5.73 Å². The van der Waals surface area contributed by atoms with Crippen molar-refractivity contribution in [2.45, 2.75) is 39.7 Å². The van der Waals surface area contributed by atoms with E-state index in [0.717, 1.165) is 8.68 Å². The van der Waals surface area contributed by atoms with E-state index in [-0.39, 0.29) is 5.25 Å². The van der Waals surface area contributed by atoms with Crippen LogP contribution in [0.1, 0.15) is 20.3 Å². The molecule has 0 fully saturated rings. The summed E-state index contributed by atoms with van der Waals surface area (Å²) in [5.41, 5.74) is 4.50. The molecule has 96 valence electrons. The number of carboxylic acid groups (broad SMARTS) is 1. The number of hydrogen-bond acceptors (Lipinski definition) is 7. The van der Waals surface area contributed by atoms with Crippen molar-refractivity contribution < 1.29 is 9.90 Å². The second kappa shape index (κ2) is 6.03. The molecule has 1 aromatic heterocycles. The zero-order valence-corrected chi connectivity index (χ0v) is 12.3. The normalized spacial score (nSPS) is 16.5. The number of nitrogens with zero attached hydrogens (tertiary/aromatic N) is 2. The van der Waals surface area contributed by atoms with Gasteiger partial charge in [0.05, 0.1) is 0 Å². The van der Waals surface area contributed by atoms with Crippen LogP contribution in [0, 0.1) is 0 Å². The van der Waals surface area contributed by atoms with Gasteiger partial charge in [-0.05, 0) is 19.6 Å². The molecular formula is C9H15N3O2S3. The van der Waals surface area contributed by atoms with Gasteiger partial charge >= 0.3 is 5.97 Å². The molecule has 2 unspecified atom stereocenters. The Kier molecular flexibility index (Phi) is 5.23. The third-order valence-electron chi connectivity index (χ3n) is 2.06. The molecule has 0 aromatic carbocycles. The van der Waals surface area contributed by atoms with E-state index in [1.54, 1.807) is 11.8 Å². The monoisotopic (exact) mass is 293 g/mol. The van der Waals surface area contributed by atoms with Gasteiger partial charge in [-0.25, -0.2) is 0 Å². The number of thioether (sulfide) groups is 2. The molecule has 1 aromatic rings. The number of nitrogens with two attached hydrogens (primary N) is 1. The van der Waals surface area contributed by atoms with Gasteiger partial charge in [-0.1, -0.05) is 41.8 Å². The van der Waals surface area contributed by atoms with Crippen LogP contribution in [0.5, 0.6) is 0 Å². The Morgan fingerprint density at radius 2 is 2.18 bits per heavy atom. The van der Waals surface area contributed by atoms with Crippen LogP contribution in [0.3, 0.4) is 0 Å². The number of hydrogen-bond donors (Lipinski definition) is 2. The third kappa shape index (κ3) is 4.46. The lowest BCUT2D eigenvalue weighted by molar-refractivity contribution is -0.142. The first kappa shape index (κ1) is 14.7. The summed E-state index contributed by atoms with van der Waals surface area (Å²) in [5, 5.41) is 17.0. The van der Waals surface area contributed by atoms with E-state index in [1.165, 1.54) is 30.0 Å². The highest BCUT2D eigenvalue weighted by Gasteiger charge is 2.30. The van der Waals surface area contributed by atoms with Gasteiger partial charge in [0.2, 0.25) is 0 Å². The van der Waals surface area contributed by atoms with E-state index in [4.69, 9.17) is 10.8 Å². The third-order valence-corrected chi connectivity index (χ3v) is 5.15. The molecule has 3 N–H and O–H groups in total. The lowest BCUT2D eigenvalue weighted by Gasteiger charge is -2.22. The molecule has 0 aliphatic rings. The highest BCUT2D eigenvalue weighted by atomic mass is 32.2. The van der Waals surface area contributed by atoms with Gasteiger partial charge in [-0.15, -0.1) is 10.2 Å². The lowest BCUT2D eigenvalue weighted by Crippen LogP contribution is -2.46. The van der Waals surface area contributed by atoms with Crippen molar-refractivity contribution in [3.05, 3.63) is 0 Å². The van der Waals surface area contributed by atoms with Crippen molar-refractivity contribution >= 4 is 40.8 Å². The SMILES string of the molecule is CSc1nnc(SC(C)CC(C)(N)C(=O)O)s1. The number of carboxylic acids is 1. The van der Waals surface area contributed by atoms with Gasteiger partial charge in [-0.3, -0.25) is 4.79 Å². The van der Waals surface area contributed by atoms with Crippen molar-refractivity contribution in [3.63, 3.8) is 0 Å². The van der Waals surface area contributed by atoms with E-state index in [2.05, 4.69) is 10.2 Å². The van der Waals surface area contributed by atoms with Gasteiger partial charge < -0.3 is 10.8 Å². The standard InChI is InChI=1S/C9H15N3O2S3/c1-5(4-9(2,10)6(13)14)16-8-12-11-7(15-3)17-8/h5H,4,10H2,1-3H3,(H,13,14). The molecule has 8 heteroatoms. The minimum atomic E-state index is -1.19. The van der Waals surface area contributed by atoms with Crippen molar-refractivity contribution in [3.8, 4) is 0 Å². The summed E-state index contributed by atoms with van der Waals surface area (Å²) in [4.78, 5) is 10.9. The van der Waals surface area contributed by atoms with Crippen molar-refractivity contribution in [2.24, 2.45) is 5.73 Å². The first-order valence-electron chi connectivity index (χ1n) is 4.91. The van der Waals surface area contributed by atoms with Crippen LogP contribution in [-0.4, -0.2) is 38.3 Å². The molecule has 0 aliphatic carbocycles. The maximum Gasteiger partial charge on any atom is 0.323 e. The first-order chi connectivity index (χ1) is 7.85. The molecule has 1 rings (SSSR count). The highest BCUT2D eigenvalue weighted by Crippen LogP contribution is 2.32. The number of aromatic nitrogens is 2. The quantitative estimate of drug-likeness (QED) is 0.775. The topological polar surface area (TPSA) is 89.1 Å². The highest BCUT2D eigenvalue weighted by molar-refractivity contribution is 8.03. The van der Waals surface area contributed by atoms with Crippen LogP contribution in [-0.2, 0) is 4.79 Å². The largest absolute Gasteiger partial charge is 0.480 e. The number of aliphatic carboxylic acids is 1. The van der Waals surface area contributed by atoms with Gasteiger partial charge in [0.1, 0.15) is 5.54 Å². The Balaban J connectivity index is 2.55. The number of carbonyl (C=O) groups is 1. The molecule has 0 spiro atoms. The zero-order valence-electron chi connectivity index (χ0n) is 9.84. The van der Waals surface area contributed by atoms with Crippen LogP contribution in [0.4, 0.5) is 0 Å². The summed E-state index contributed by atoms with van der Waals surface area (Å²) in [6.07, 6.45) is 2.33. The summed E-state index contributed by atoms with van der Waals surface area (Å²) in [7, 11) is 0. The summed E-state index contributed by atoms with van der Waals surface area (Å²) >= 11 is 4.57. The van der Waals surface area contributed by atoms with Gasteiger partial charge in [0.15, 0.2) is 8.68 Å². The molecular weight excluding hydrogens is 278 g/mol. The molecule has 0 saturated heterocycles. The van der Waals surface area contributed by atoms with E-state index >= 15 is 0 Å². The summed E-state index contributed by atoms with van der Waals surface area (Å²) in [5.74, 6) is -0.980. The van der Waals surface area contributed by atoms with Gasteiger partial charge in [0.25, 0.3) is 0 Å². The molecule has 0 radical (unpaired) electrons. The zero-order chi connectivity index (χ0) is 13.1. The predicted octanol–water partition coefficient (Wildman–Crippen LogP) is 1.93. The van der Waals surface area contributed by atoms with Gasteiger partial charge in [-0.2, -0.15) is 0 Å². The Morgan fingerprint density at radius 3 is 2.65 bits per heavy atom. The molecule has 0 saturated carbocycles. The molecule has 17 heavy (non-hydrogen) atoms. The second-order valence-corrected chi connectivity index (χ2v) is 7.61. The molecule has 1 heterocycles. The average Bonchev–Trinajstić information content (AvgIpc) is 2.64. The van der Waals surface area contributed by atoms with Crippen molar-refractivity contribution in [1.82, 2.24) is 10.2 Å². The summed E-state index contributed by atoms with van der Waals surface area (Å²) in [6.45, 7) is 3.47. The van der Waals surface area contributed by atoms with Crippen LogP contribution >= 0.6 is 34.9 Å². The van der Waals surface area contributed by atoms with E-state index in [0.29, 0.717) is 6.42 Å². The Bertz CT molecular complexity index is 395. The summed E-state index contributed by atoms with van der Waals surface area (Å²) in [6, 6.07) is 0. The average molecular weight is 293 g/mol. The maximum absolute atomic E-state index is 10.9. The van der Waals surface area contributed by atoms with Crippen molar-refractivity contribution in [2.75, 3.05) is 6.26 Å². The minimum Gasteiger partial charge on any atom is -0.480 e.